The van der Waals surface area contributed by atoms with E-state index in [2.05, 4.69) is 24.1 Å². The predicted molar refractivity (Wildman–Crippen MR) is 68.4 cm³/mol. The zero-order valence-electron chi connectivity index (χ0n) is 10.5. The Morgan fingerprint density at radius 3 is 3.06 bits per heavy atom. The summed E-state index contributed by atoms with van der Waals surface area (Å²) in [4.78, 5) is 5.89. The van der Waals surface area contributed by atoms with Gasteiger partial charge in [0.25, 0.3) is 0 Å². The van der Waals surface area contributed by atoms with Crippen molar-refractivity contribution in [3.8, 4) is 0 Å². The fourth-order valence-corrected chi connectivity index (χ4v) is 2.83. The summed E-state index contributed by atoms with van der Waals surface area (Å²) in [6.07, 6.45) is 1.19. The summed E-state index contributed by atoms with van der Waals surface area (Å²) in [7, 11) is 0. The molecule has 2 heterocycles. The molecular formula is C12H20N2O2S. The summed E-state index contributed by atoms with van der Waals surface area (Å²) in [6.45, 7) is 8.20. The molecule has 17 heavy (non-hydrogen) atoms. The van der Waals surface area contributed by atoms with Crippen molar-refractivity contribution in [1.29, 1.82) is 0 Å². The summed E-state index contributed by atoms with van der Waals surface area (Å²) in [5, 5.41) is 4.46. The second-order valence-corrected chi connectivity index (χ2v) is 5.29. The van der Waals surface area contributed by atoms with E-state index in [1.165, 1.54) is 4.88 Å². The number of hydrogen-bond donors (Lipinski definition) is 1. The van der Waals surface area contributed by atoms with Crippen LogP contribution in [0, 0.1) is 6.92 Å². The van der Waals surface area contributed by atoms with Crippen molar-refractivity contribution < 1.29 is 9.47 Å². The molecule has 1 atom stereocenters. The molecule has 1 saturated heterocycles. The summed E-state index contributed by atoms with van der Waals surface area (Å²) in [5.41, 5.74) is 1.11. The zero-order valence-corrected chi connectivity index (χ0v) is 11.3. The Labute approximate surface area is 106 Å². The normalized spacial score (nSPS) is 20.7. The smallest absolute Gasteiger partial charge is 0.132 e. The van der Waals surface area contributed by atoms with Crippen LogP contribution in [-0.2, 0) is 16.0 Å². The van der Waals surface area contributed by atoms with Crippen LogP contribution in [0.3, 0.4) is 0 Å². The average Bonchev–Trinajstić information content (AvgIpc) is 2.73. The van der Waals surface area contributed by atoms with Gasteiger partial charge in [-0.15, -0.1) is 11.3 Å². The Bertz CT molecular complexity index is 348. The highest BCUT2D eigenvalue weighted by molar-refractivity contribution is 7.11. The first kappa shape index (κ1) is 13.0. The third kappa shape index (κ3) is 3.48. The first-order valence-electron chi connectivity index (χ1n) is 6.17. The molecule has 1 aliphatic rings. The molecule has 0 bridgehead atoms. The van der Waals surface area contributed by atoms with E-state index in [0.29, 0.717) is 19.8 Å². The van der Waals surface area contributed by atoms with Gasteiger partial charge in [0, 0.05) is 11.4 Å². The molecule has 0 saturated carbocycles. The molecule has 0 aliphatic carbocycles. The van der Waals surface area contributed by atoms with E-state index in [0.717, 1.165) is 30.2 Å². The standard InChI is InChI=1S/C12H20N2O2S/c1-3-4-13-7-11-9(2)14-12(17-11)10-8-15-5-6-16-10/h10,13H,3-8H2,1-2H3. The number of thiazole rings is 1. The Morgan fingerprint density at radius 1 is 1.47 bits per heavy atom. The SMILES string of the molecule is CCCNCc1sc(C2COCCO2)nc1C. The molecule has 1 aromatic heterocycles. The Kier molecular flexibility index (Phi) is 4.91. The first-order chi connectivity index (χ1) is 8.31. The Hall–Kier alpha value is -0.490. The quantitative estimate of drug-likeness (QED) is 0.819. The topological polar surface area (TPSA) is 43.4 Å². The van der Waals surface area contributed by atoms with Crippen molar-refractivity contribution >= 4 is 11.3 Å². The lowest BCUT2D eigenvalue weighted by molar-refractivity contribution is -0.0902. The van der Waals surface area contributed by atoms with Gasteiger partial charge in [-0.05, 0) is 19.9 Å². The van der Waals surface area contributed by atoms with Crippen LogP contribution in [0.1, 0.15) is 35.0 Å². The third-order valence-electron chi connectivity index (χ3n) is 2.71. The van der Waals surface area contributed by atoms with E-state index >= 15 is 0 Å². The summed E-state index contributed by atoms with van der Waals surface area (Å²) >= 11 is 1.74. The van der Waals surface area contributed by atoms with Crippen LogP contribution >= 0.6 is 11.3 Å². The van der Waals surface area contributed by atoms with Gasteiger partial charge in [0.1, 0.15) is 11.1 Å². The van der Waals surface area contributed by atoms with Gasteiger partial charge in [0.2, 0.25) is 0 Å². The van der Waals surface area contributed by atoms with Crippen molar-refractivity contribution in [1.82, 2.24) is 10.3 Å². The van der Waals surface area contributed by atoms with Gasteiger partial charge in [0.15, 0.2) is 0 Å². The summed E-state index contributed by atoms with van der Waals surface area (Å²) in [5.74, 6) is 0. The van der Waals surface area contributed by atoms with E-state index in [-0.39, 0.29) is 6.10 Å². The lowest BCUT2D eigenvalue weighted by Crippen LogP contribution is -2.21. The molecular weight excluding hydrogens is 236 g/mol. The maximum absolute atomic E-state index is 5.66. The fourth-order valence-electron chi connectivity index (χ4n) is 1.76. The Morgan fingerprint density at radius 2 is 2.35 bits per heavy atom. The molecule has 1 fully saturated rings. The van der Waals surface area contributed by atoms with Gasteiger partial charge in [0.05, 0.1) is 25.5 Å². The van der Waals surface area contributed by atoms with Crippen molar-refractivity contribution in [2.45, 2.75) is 32.9 Å². The summed E-state index contributed by atoms with van der Waals surface area (Å²) < 4.78 is 11.1. The largest absolute Gasteiger partial charge is 0.376 e. The minimum absolute atomic E-state index is 0.0346. The van der Waals surface area contributed by atoms with Gasteiger partial charge in [-0.3, -0.25) is 0 Å². The minimum Gasteiger partial charge on any atom is -0.376 e. The second-order valence-electron chi connectivity index (χ2n) is 4.17. The van der Waals surface area contributed by atoms with E-state index in [1.807, 2.05) is 0 Å². The number of nitrogens with zero attached hydrogens (tertiary/aromatic N) is 1. The second kappa shape index (κ2) is 6.44. The molecule has 5 heteroatoms. The number of aryl methyl sites for hydroxylation is 1. The lowest BCUT2D eigenvalue weighted by atomic mass is 10.3. The fraction of sp³-hybridized carbons (Fsp3) is 0.750. The maximum atomic E-state index is 5.66. The Balaban J connectivity index is 1.96. The molecule has 1 aliphatic heterocycles. The molecule has 1 unspecified atom stereocenters. The van der Waals surface area contributed by atoms with Gasteiger partial charge >= 0.3 is 0 Å². The van der Waals surface area contributed by atoms with Crippen molar-refractivity contribution in [2.75, 3.05) is 26.4 Å². The van der Waals surface area contributed by atoms with Crippen molar-refractivity contribution in [3.63, 3.8) is 0 Å². The minimum atomic E-state index is 0.0346. The predicted octanol–water partition coefficient (Wildman–Crippen LogP) is 2.04. The van der Waals surface area contributed by atoms with E-state index in [4.69, 9.17) is 9.47 Å². The monoisotopic (exact) mass is 256 g/mol. The van der Waals surface area contributed by atoms with Gasteiger partial charge in [-0.2, -0.15) is 0 Å². The van der Waals surface area contributed by atoms with Crippen LogP contribution in [0.4, 0.5) is 0 Å². The van der Waals surface area contributed by atoms with E-state index < -0.39 is 0 Å². The molecule has 96 valence electrons. The van der Waals surface area contributed by atoms with Gasteiger partial charge in [-0.1, -0.05) is 6.92 Å². The third-order valence-corrected chi connectivity index (χ3v) is 3.96. The molecule has 1 aromatic rings. The van der Waals surface area contributed by atoms with Crippen LogP contribution in [-0.4, -0.2) is 31.3 Å². The van der Waals surface area contributed by atoms with E-state index in [9.17, 15) is 0 Å². The zero-order chi connectivity index (χ0) is 12.1. The van der Waals surface area contributed by atoms with Crippen LogP contribution < -0.4 is 5.32 Å². The average molecular weight is 256 g/mol. The van der Waals surface area contributed by atoms with Crippen LogP contribution in [0.25, 0.3) is 0 Å². The number of hydrogen-bond acceptors (Lipinski definition) is 5. The molecule has 0 amide bonds. The highest BCUT2D eigenvalue weighted by atomic mass is 32.1. The van der Waals surface area contributed by atoms with E-state index in [1.54, 1.807) is 11.3 Å². The van der Waals surface area contributed by atoms with Crippen molar-refractivity contribution in [2.24, 2.45) is 0 Å². The number of rotatable bonds is 5. The van der Waals surface area contributed by atoms with Gasteiger partial charge in [-0.25, -0.2) is 4.98 Å². The molecule has 2 rings (SSSR count). The molecule has 0 radical (unpaired) electrons. The molecule has 1 N–H and O–H groups in total. The number of ether oxygens (including phenoxy) is 2. The van der Waals surface area contributed by atoms with Gasteiger partial charge < -0.3 is 14.8 Å². The van der Waals surface area contributed by atoms with Crippen LogP contribution in [0.2, 0.25) is 0 Å². The maximum Gasteiger partial charge on any atom is 0.132 e. The number of nitrogens with one attached hydrogen (secondary N) is 1. The molecule has 0 spiro atoms. The lowest BCUT2D eigenvalue weighted by Gasteiger charge is -2.20. The van der Waals surface area contributed by atoms with Crippen molar-refractivity contribution in [3.05, 3.63) is 15.6 Å². The highest BCUT2D eigenvalue weighted by Crippen LogP contribution is 2.27. The van der Waals surface area contributed by atoms with Crippen LogP contribution in [0.5, 0.6) is 0 Å². The molecule has 0 aromatic carbocycles. The summed E-state index contributed by atoms with van der Waals surface area (Å²) in [6, 6.07) is 0. The van der Waals surface area contributed by atoms with Crippen LogP contribution in [0.15, 0.2) is 0 Å². The number of aromatic nitrogens is 1. The first-order valence-corrected chi connectivity index (χ1v) is 6.99. The molecule has 4 nitrogen and oxygen atoms in total. The highest BCUT2D eigenvalue weighted by Gasteiger charge is 2.21.